The van der Waals surface area contributed by atoms with Crippen molar-refractivity contribution >= 4 is 12.0 Å². The fourth-order valence-electron chi connectivity index (χ4n) is 3.06. The zero-order valence-corrected chi connectivity index (χ0v) is 15.0. The van der Waals surface area contributed by atoms with Crippen molar-refractivity contribution in [2.75, 3.05) is 33.8 Å². The summed E-state index contributed by atoms with van der Waals surface area (Å²) in [6.45, 7) is 3.24. The number of hydrogen-bond donors (Lipinski definition) is 1. The SMILES string of the molecule is CCOC(=O)N1CCC(NC(=O)[C@@H](c2cccc(F)c2)N(C)C)CC1. The molecule has 1 atom stereocenters. The molecule has 0 unspecified atom stereocenters. The molecule has 1 aromatic rings. The van der Waals surface area contributed by atoms with E-state index >= 15 is 0 Å². The fourth-order valence-corrected chi connectivity index (χ4v) is 3.06. The third kappa shape index (κ3) is 5.16. The van der Waals surface area contributed by atoms with E-state index in [4.69, 9.17) is 4.74 Å². The Morgan fingerprint density at radius 3 is 2.60 bits per heavy atom. The lowest BCUT2D eigenvalue weighted by atomic mass is 10.0. The highest BCUT2D eigenvalue weighted by Crippen LogP contribution is 2.21. The number of hydrogen-bond acceptors (Lipinski definition) is 4. The van der Waals surface area contributed by atoms with Crippen molar-refractivity contribution in [3.63, 3.8) is 0 Å². The topological polar surface area (TPSA) is 61.9 Å². The first kappa shape index (κ1) is 19.2. The van der Waals surface area contributed by atoms with Crippen LogP contribution in [0.4, 0.5) is 9.18 Å². The van der Waals surface area contributed by atoms with Gasteiger partial charge in [-0.05, 0) is 51.6 Å². The highest BCUT2D eigenvalue weighted by molar-refractivity contribution is 5.83. The summed E-state index contributed by atoms with van der Waals surface area (Å²) in [5.74, 6) is -0.523. The van der Waals surface area contributed by atoms with Gasteiger partial charge >= 0.3 is 6.09 Å². The molecular weight excluding hydrogens is 325 g/mol. The molecule has 0 aliphatic carbocycles. The number of rotatable bonds is 5. The van der Waals surface area contributed by atoms with E-state index in [-0.39, 0.29) is 23.9 Å². The quantitative estimate of drug-likeness (QED) is 0.883. The second kappa shape index (κ2) is 8.80. The predicted octanol–water partition coefficient (Wildman–Crippen LogP) is 2.17. The number of amides is 2. The van der Waals surface area contributed by atoms with Gasteiger partial charge < -0.3 is 15.0 Å². The summed E-state index contributed by atoms with van der Waals surface area (Å²) in [5.41, 5.74) is 0.617. The Morgan fingerprint density at radius 2 is 2.04 bits per heavy atom. The van der Waals surface area contributed by atoms with Gasteiger partial charge in [0, 0.05) is 19.1 Å². The van der Waals surface area contributed by atoms with Crippen LogP contribution in [0.5, 0.6) is 0 Å². The summed E-state index contributed by atoms with van der Waals surface area (Å²) in [6.07, 6.45) is 1.04. The number of piperidine rings is 1. The van der Waals surface area contributed by atoms with Crippen LogP contribution in [0.2, 0.25) is 0 Å². The summed E-state index contributed by atoms with van der Waals surface area (Å²) in [7, 11) is 3.58. The fraction of sp³-hybridized carbons (Fsp3) is 0.556. The third-order valence-corrected chi connectivity index (χ3v) is 4.30. The van der Waals surface area contributed by atoms with Crippen LogP contribution in [0.3, 0.4) is 0 Å². The lowest BCUT2D eigenvalue weighted by molar-refractivity contribution is -0.126. The lowest BCUT2D eigenvalue weighted by Gasteiger charge is -2.33. The van der Waals surface area contributed by atoms with Crippen molar-refractivity contribution in [3.05, 3.63) is 35.6 Å². The van der Waals surface area contributed by atoms with Crippen LogP contribution < -0.4 is 5.32 Å². The lowest BCUT2D eigenvalue weighted by Crippen LogP contribution is -2.49. The van der Waals surface area contributed by atoms with E-state index in [1.54, 1.807) is 43.0 Å². The van der Waals surface area contributed by atoms with E-state index in [2.05, 4.69) is 5.32 Å². The van der Waals surface area contributed by atoms with Crippen LogP contribution in [0, 0.1) is 5.82 Å². The first-order chi connectivity index (χ1) is 11.9. The van der Waals surface area contributed by atoms with Crippen molar-refractivity contribution in [3.8, 4) is 0 Å². The van der Waals surface area contributed by atoms with E-state index < -0.39 is 6.04 Å². The first-order valence-corrected chi connectivity index (χ1v) is 8.56. The molecule has 1 heterocycles. The van der Waals surface area contributed by atoms with Crippen LogP contribution >= 0.6 is 0 Å². The van der Waals surface area contributed by atoms with E-state index in [9.17, 15) is 14.0 Å². The Labute approximate surface area is 147 Å². The molecule has 1 fully saturated rings. The number of nitrogens with one attached hydrogen (secondary N) is 1. The van der Waals surface area contributed by atoms with Gasteiger partial charge in [0.05, 0.1) is 6.61 Å². The van der Waals surface area contributed by atoms with Crippen molar-refractivity contribution < 1.29 is 18.7 Å². The van der Waals surface area contributed by atoms with Crippen LogP contribution in [0.25, 0.3) is 0 Å². The zero-order chi connectivity index (χ0) is 18.4. The molecule has 0 aromatic heterocycles. The second-order valence-electron chi connectivity index (χ2n) is 6.39. The Hall–Kier alpha value is -2.15. The number of halogens is 1. The predicted molar refractivity (Wildman–Crippen MR) is 92.6 cm³/mol. The highest BCUT2D eigenvalue weighted by atomic mass is 19.1. The Morgan fingerprint density at radius 1 is 1.36 bits per heavy atom. The van der Waals surface area contributed by atoms with Gasteiger partial charge in [-0.3, -0.25) is 9.69 Å². The summed E-state index contributed by atoms with van der Waals surface area (Å²) in [4.78, 5) is 27.8. The molecule has 0 spiro atoms. The molecule has 25 heavy (non-hydrogen) atoms. The molecule has 138 valence electrons. The molecule has 1 saturated heterocycles. The van der Waals surface area contributed by atoms with E-state index in [1.165, 1.54) is 12.1 Å². The highest BCUT2D eigenvalue weighted by Gasteiger charge is 2.28. The summed E-state index contributed by atoms with van der Waals surface area (Å²) < 4.78 is 18.5. The van der Waals surface area contributed by atoms with Gasteiger partial charge in [0.25, 0.3) is 0 Å². The maximum absolute atomic E-state index is 13.5. The molecule has 1 aliphatic rings. The normalized spacial score (nSPS) is 16.6. The molecule has 0 saturated carbocycles. The molecule has 2 rings (SSSR count). The maximum Gasteiger partial charge on any atom is 0.409 e. The smallest absolute Gasteiger partial charge is 0.409 e. The van der Waals surface area contributed by atoms with Crippen molar-refractivity contribution in [2.24, 2.45) is 0 Å². The third-order valence-electron chi connectivity index (χ3n) is 4.30. The number of nitrogens with zero attached hydrogens (tertiary/aromatic N) is 2. The average Bonchev–Trinajstić information content (AvgIpc) is 2.55. The zero-order valence-electron chi connectivity index (χ0n) is 15.0. The van der Waals surface area contributed by atoms with Crippen molar-refractivity contribution in [1.29, 1.82) is 0 Å². The number of benzene rings is 1. The van der Waals surface area contributed by atoms with E-state index in [0.717, 1.165) is 0 Å². The number of carbonyl (C=O) groups excluding carboxylic acids is 2. The summed E-state index contributed by atoms with van der Waals surface area (Å²) in [5, 5.41) is 3.03. The largest absolute Gasteiger partial charge is 0.450 e. The number of likely N-dealkylation sites (tertiary alicyclic amines) is 1. The van der Waals surface area contributed by atoms with Gasteiger partial charge in [-0.15, -0.1) is 0 Å². The minimum atomic E-state index is -0.557. The Balaban J connectivity index is 1.95. The number of likely N-dealkylation sites (N-methyl/N-ethyl adjacent to an activating group) is 1. The van der Waals surface area contributed by atoms with Crippen molar-refractivity contribution in [2.45, 2.75) is 31.8 Å². The van der Waals surface area contributed by atoms with Gasteiger partial charge in [-0.1, -0.05) is 12.1 Å². The Kier molecular flexibility index (Phi) is 6.75. The van der Waals surface area contributed by atoms with Crippen LogP contribution in [-0.4, -0.2) is 61.6 Å². The van der Waals surface area contributed by atoms with Crippen LogP contribution in [0.15, 0.2) is 24.3 Å². The molecule has 1 aliphatic heterocycles. The van der Waals surface area contributed by atoms with Gasteiger partial charge in [0.15, 0.2) is 0 Å². The van der Waals surface area contributed by atoms with Gasteiger partial charge in [0.1, 0.15) is 11.9 Å². The monoisotopic (exact) mass is 351 g/mol. The van der Waals surface area contributed by atoms with Gasteiger partial charge in [-0.25, -0.2) is 9.18 Å². The first-order valence-electron chi connectivity index (χ1n) is 8.56. The molecule has 1 N–H and O–H groups in total. The van der Waals surface area contributed by atoms with Gasteiger partial charge in [0.2, 0.25) is 5.91 Å². The molecule has 0 bridgehead atoms. The van der Waals surface area contributed by atoms with Crippen molar-refractivity contribution in [1.82, 2.24) is 15.1 Å². The molecular formula is C18H26FN3O3. The number of carbonyl (C=O) groups is 2. The maximum atomic E-state index is 13.5. The molecule has 2 amide bonds. The molecule has 7 heteroatoms. The standard InChI is InChI=1S/C18H26FN3O3/c1-4-25-18(24)22-10-8-15(9-11-22)20-17(23)16(21(2)3)13-6-5-7-14(19)12-13/h5-7,12,15-16H,4,8-11H2,1-3H3,(H,20,23)/t16-/m1/s1. The minimum Gasteiger partial charge on any atom is -0.450 e. The summed E-state index contributed by atoms with van der Waals surface area (Å²) in [6, 6.07) is 5.53. The molecule has 0 radical (unpaired) electrons. The number of ether oxygens (including phenoxy) is 1. The van der Waals surface area contributed by atoms with E-state index in [1.807, 2.05) is 0 Å². The van der Waals surface area contributed by atoms with Crippen LogP contribution in [-0.2, 0) is 9.53 Å². The molecule has 1 aromatic carbocycles. The van der Waals surface area contributed by atoms with Gasteiger partial charge in [-0.2, -0.15) is 0 Å². The average molecular weight is 351 g/mol. The van der Waals surface area contributed by atoms with Crippen LogP contribution in [0.1, 0.15) is 31.4 Å². The van der Waals surface area contributed by atoms with E-state index in [0.29, 0.717) is 38.1 Å². The Bertz CT molecular complexity index is 601. The molecule has 6 nitrogen and oxygen atoms in total. The minimum absolute atomic E-state index is 0.00538. The second-order valence-corrected chi connectivity index (χ2v) is 6.39. The summed E-state index contributed by atoms with van der Waals surface area (Å²) >= 11 is 0.